The normalized spacial score (nSPS) is 19.5. The van der Waals surface area contributed by atoms with Crippen LogP contribution < -0.4 is 9.64 Å². The van der Waals surface area contributed by atoms with E-state index < -0.39 is 18.0 Å². The zero-order valence-electron chi connectivity index (χ0n) is 16.7. The van der Waals surface area contributed by atoms with E-state index in [2.05, 4.69) is 0 Å². The largest absolute Gasteiger partial charge is 0.481 e. The lowest BCUT2D eigenvalue weighted by Crippen LogP contribution is -2.51. The van der Waals surface area contributed by atoms with Crippen LogP contribution in [0.4, 0.5) is 5.69 Å². The maximum Gasteiger partial charge on any atom is 0.306 e. The molecule has 2 heterocycles. The van der Waals surface area contributed by atoms with Crippen LogP contribution in [0, 0.1) is 5.92 Å². The van der Waals surface area contributed by atoms with Gasteiger partial charge in [0.05, 0.1) is 11.6 Å². The van der Waals surface area contributed by atoms with Gasteiger partial charge in [0.15, 0.2) is 11.9 Å². The SMILES string of the molecule is CCCC(=O)c1ccc2c(c1)N(CC(=O)N1CCC(C(=O)O)CC1)C(=O)C(C)O2. The number of nitrogens with zero attached hydrogens (tertiary/aromatic N) is 2. The number of carboxylic acid groups (broad SMARTS) is 1. The summed E-state index contributed by atoms with van der Waals surface area (Å²) in [7, 11) is 0. The van der Waals surface area contributed by atoms with E-state index in [-0.39, 0.29) is 24.1 Å². The van der Waals surface area contributed by atoms with Gasteiger partial charge in [0, 0.05) is 25.1 Å². The van der Waals surface area contributed by atoms with Crippen molar-refractivity contribution in [3.8, 4) is 5.75 Å². The second kappa shape index (κ2) is 8.63. The van der Waals surface area contributed by atoms with Crippen LogP contribution in [0.1, 0.15) is 49.9 Å². The molecular formula is C21H26N2O6. The van der Waals surface area contributed by atoms with Gasteiger partial charge < -0.3 is 14.7 Å². The number of rotatable bonds is 6. The van der Waals surface area contributed by atoms with Gasteiger partial charge in [0.1, 0.15) is 12.3 Å². The van der Waals surface area contributed by atoms with E-state index in [1.807, 2.05) is 6.92 Å². The van der Waals surface area contributed by atoms with Crippen LogP contribution >= 0.6 is 0 Å². The molecule has 0 saturated carbocycles. The molecule has 8 nitrogen and oxygen atoms in total. The van der Waals surface area contributed by atoms with Crippen LogP contribution in [0.25, 0.3) is 0 Å². The molecule has 1 unspecified atom stereocenters. The van der Waals surface area contributed by atoms with Gasteiger partial charge in [-0.15, -0.1) is 0 Å². The molecule has 1 saturated heterocycles. The number of aliphatic carboxylic acids is 1. The highest BCUT2D eigenvalue weighted by Gasteiger charge is 2.35. The second-order valence-electron chi connectivity index (χ2n) is 7.53. The van der Waals surface area contributed by atoms with Crippen LogP contribution in [0.5, 0.6) is 5.75 Å². The lowest BCUT2D eigenvalue weighted by molar-refractivity contribution is -0.145. The summed E-state index contributed by atoms with van der Waals surface area (Å²) in [5.74, 6) is -1.42. The number of piperidine rings is 1. The molecule has 2 aliphatic rings. The number of Topliss-reactive ketones (excluding diaryl/α,β-unsaturated/α-hetero) is 1. The van der Waals surface area contributed by atoms with Gasteiger partial charge in [0.25, 0.3) is 5.91 Å². The molecule has 8 heteroatoms. The highest BCUT2D eigenvalue weighted by atomic mass is 16.5. The summed E-state index contributed by atoms with van der Waals surface area (Å²) in [5.41, 5.74) is 0.903. The quantitative estimate of drug-likeness (QED) is 0.731. The third kappa shape index (κ3) is 4.41. The van der Waals surface area contributed by atoms with Crippen molar-refractivity contribution in [3.63, 3.8) is 0 Å². The van der Waals surface area contributed by atoms with Crippen molar-refractivity contribution >= 4 is 29.3 Å². The van der Waals surface area contributed by atoms with Gasteiger partial charge in [0.2, 0.25) is 5.91 Å². The van der Waals surface area contributed by atoms with E-state index in [4.69, 9.17) is 9.84 Å². The summed E-state index contributed by atoms with van der Waals surface area (Å²) >= 11 is 0. The smallest absolute Gasteiger partial charge is 0.306 e. The molecule has 2 aliphatic heterocycles. The molecule has 3 rings (SSSR count). The number of amides is 2. The van der Waals surface area contributed by atoms with Gasteiger partial charge in [-0.1, -0.05) is 6.92 Å². The Hall–Kier alpha value is -2.90. The zero-order valence-corrected chi connectivity index (χ0v) is 16.7. The number of fused-ring (bicyclic) bond motifs is 1. The maximum atomic E-state index is 12.8. The minimum absolute atomic E-state index is 0.0246. The second-order valence-corrected chi connectivity index (χ2v) is 7.53. The number of anilines is 1. The van der Waals surface area contributed by atoms with Crippen LogP contribution in [-0.2, 0) is 14.4 Å². The first-order valence-electron chi connectivity index (χ1n) is 9.97. The molecule has 2 amide bonds. The zero-order chi connectivity index (χ0) is 21.1. The number of carbonyl (C=O) groups is 4. The first kappa shape index (κ1) is 20.8. The van der Waals surface area contributed by atoms with E-state index in [0.717, 1.165) is 6.42 Å². The highest BCUT2D eigenvalue weighted by molar-refractivity contribution is 6.05. The topological polar surface area (TPSA) is 104 Å². The van der Waals surface area contributed by atoms with Crippen molar-refractivity contribution in [2.45, 2.75) is 45.6 Å². The summed E-state index contributed by atoms with van der Waals surface area (Å²) in [6.45, 7) is 4.08. The number of benzene rings is 1. The van der Waals surface area contributed by atoms with Crippen molar-refractivity contribution < 1.29 is 29.0 Å². The van der Waals surface area contributed by atoms with E-state index in [0.29, 0.717) is 49.4 Å². The molecule has 0 aromatic heterocycles. The Labute approximate surface area is 169 Å². The van der Waals surface area contributed by atoms with Crippen LogP contribution in [0.3, 0.4) is 0 Å². The third-order valence-corrected chi connectivity index (χ3v) is 5.46. The first-order chi connectivity index (χ1) is 13.8. The minimum atomic E-state index is -0.840. The van der Waals surface area contributed by atoms with Crippen molar-refractivity contribution in [1.29, 1.82) is 0 Å². The summed E-state index contributed by atoms with van der Waals surface area (Å²) < 4.78 is 5.64. The standard InChI is InChI=1S/C21H26N2O6/c1-3-4-17(24)15-5-6-18-16(11-15)23(20(26)13(2)29-18)12-19(25)22-9-7-14(8-10-22)21(27)28/h5-6,11,13-14H,3-4,7-10,12H2,1-2H3,(H,27,28). The Balaban J connectivity index is 1.79. The monoisotopic (exact) mass is 402 g/mol. The number of likely N-dealkylation sites (tertiary alicyclic amines) is 1. The lowest BCUT2D eigenvalue weighted by atomic mass is 9.97. The predicted octanol–water partition coefficient (Wildman–Crippen LogP) is 2.11. The fourth-order valence-corrected chi connectivity index (χ4v) is 3.73. The number of ketones is 1. The number of hydrogen-bond donors (Lipinski definition) is 1. The predicted molar refractivity (Wildman–Crippen MR) is 105 cm³/mol. The molecule has 1 atom stereocenters. The molecule has 1 fully saturated rings. The Morgan fingerprint density at radius 2 is 1.90 bits per heavy atom. The average Bonchev–Trinajstić information content (AvgIpc) is 2.71. The molecule has 156 valence electrons. The van der Waals surface area contributed by atoms with Crippen LogP contribution in [0.2, 0.25) is 0 Å². The molecule has 0 bridgehead atoms. The molecule has 0 spiro atoms. The summed E-state index contributed by atoms with van der Waals surface area (Å²) in [6, 6.07) is 4.95. The number of hydrogen-bond acceptors (Lipinski definition) is 5. The number of carbonyl (C=O) groups excluding carboxylic acids is 3. The molecule has 1 aromatic carbocycles. The molecular weight excluding hydrogens is 376 g/mol. The van der Waals surface area contributed by atoms with Crippen molar-refractivity contribution in [2.75, 3.05) is 24.5 Å². The molecule has 29 heavy (non-hydrogen) atoms. The van der Waals surface area contributed by atoms with Crippen LogP contribution in [-0.4, -0.2) is 59.3 Å². The third-order valence-electron chi connectivity index (χ3n) is 5.46. The van der Waals surface area contributed by atoms with E-state index >= 15 is 0 Å². The van der Waals surface area contributed by atoms with Crippen LogP contribution in [0.15, 0.2) is 18.2 Å². The molecule has 1 N–H and O–H groups in total. The van der Waals surface area contributed by atoms with E-state index in [1.54, 1.807) is 30.0 Å². The number of carboxylic acids is 1. The average molecular weight is 402 g/mol. The van der Waals surface area contributed by atoms with E-state index in [9.17, 15) is 19.2 Å². The molecule has 1 aromatic rings. The van der Waals surface area contributed by atoms with Gasteiger partial charge in [-0.25, -0.2) is 0 Å². The maximum absolute atomic E-state index is 12.8. The Kier molecular flexibility index (Phi) is 6.20. The van der Waals surface area contributed by atoms with Gasteiger partial charge in [-0.05, 0) is 44.4 Å². The lowest BCUT2D eigenvalue weighted by Gasteiger charge is -2.35. The highest BCUT2D eigenvalue weighted by Crippen LogP contribution is 2.35. The summed E-state index contributed by atoms with van der Waals surface area (Å²) in [4.78, 5) is 51.9. The Morgan fingerprint density at radius 1 is 1.21 bits per heavy atom. The minimum Gasteiger partial charge on any atom is -0.481 e. The summed E-state index contributed by atoms with van der Waals surface area (Å²) in [6.07, 6.45) is 1.20. The Morgan fingerprint density at radius 3 is 2.52 bits per heavy atom. The van der Waals surface area contributed by atoms with Gasteiger partial charge >= 0.3 is 5.97 Å². The van der Waals surface area contributed by atoms with Crippen molar-refractivity contribution in [3.05, 3.63) is 23.8 Å². The van der Waals surface area contributed by atoms with Gasteiger partial charge in [-0.2, -0.15) is 0 Å². The van der Waals surface area contributed by atoms with Crippen molar-refractivity contribution in [1.82, 2.24) is 4.90 Å². The molecule has 0 aliphatic carbocycles. The fourth-order valence-electron chi connectivity index (χ4n) is 3.73. The van der Waals surface area contributed by atoms with Gasteiger partial charge in [-0.3, -0.25) is 24.1 Å². The van der Waals surface area contributed by atoms with Crippen molar-refractivity contribution in [2.24, 2.45) is 5.92 Å². The first-order valence-corrected chi connectivity index (χ1v) is 9.97. The number of ether oxygens (including phenoxy) is 1. The Bertz CT molecular complexity index is 828. The molecule has 0 radical (unpaired) electrons. The summed E-state index contributed by atoms with van der Waals surface area (Å²) in [5, 5.41) is 9.11. The fraction of sp³-hybridized carbons (Fsp3) is 0.524. The van der Waals surface area contributed by atoms with E-state index in [1.165, 1.54) is 4.90 Å².